The Labute approximate surface area is 108 Å². The summed E-state index contributed by atoms with van der Waals surface area (Å²) >= 11 is 5.43. The van der Waals surface area contributed by atoms with Crippen LogP contribution in [0.3, 0.4) is 0 Å². The summed E-state index contributed by atoms with van der Waals surface area (Å²) in [6, 6.07) is 0.616. The second kappa shape index (κ2) is 4.92. The SMILES string of the molecule is S=c1[nH]nc(C2CCCC2)n1C1CCCCC1. The standard InChI is InChI=1S/C13H21N3S/c17-13-15-14-12(10-6-4-5-7-10)16(13)11-8-2-1-3-9-11/h10-11H,1-9H2,(H,15,17). The van der Waals surface area contributed by atoms with Crippen LogP contribution in [0.1, 0.15) is 75.6 Å². The topological polar surface area (TPSA) is 33.6 Å². The quantitative estimate of drug-likeness (QED) is 0.803. The van der Waals surface area contributed by atoms with E-state index < -0.39 is 0 Å². The normalized spacial score (nSPS) is 23.3. The first-order valence-corrected chi connectivity index (χ1v) is 7.44. The minimum absolute atomic E-state index is 0.616. The number of aromatic nitrogens is 3. The van der Waals surface area contributed by atoms with Gasteiger partial charge >= 0.3 is 0 Å². The number of nitrogens with zero attached hydrogens (tertiary/aromatic N) is 2. The molecule has 0 amide bonds. The average Bonchev–Trinajstić information content (AvgIpc) is 2.98. The van der Waals surface area contributed by atoms with Gasteiger partial charge in [0.2, 0.25) is 0 Å². The highest BCUT2D eigenvalue weighted by molar-refractivity contribution is 7.71. The summed E-state index contributed by atoms with van der Waals surface area (Å²) in [7, 11) is 0. The minimum atomic E-state index is 0.616. The highest BCUT2D eigenvalue weighted by Crippen LogP contribution is 2.36. The zero-order chi connectivity index (χ0) is 11.7. The summed E-state index contributed by atoms with van der Waals surface area (Å²) in [6.45, 7) is 0. The van der Waals surface area contributed by atoms with Gasteiger partial charge in [-0.3, -0.25) is 5.10 Å². The van der Waals surface area contributed by atoms with Crippen molar-refractivity contribution < 1.29 is 0 Å². The van der Waals surface area contributed by atoms with Gasteiger partial charge in [-0.2, -0.15) is 5.10 Å². The molecule has 3 rings (SSSR count). The van der Waals surface area contributed by atoms with E-state index in [1.54, 1.807) is 0 Å². The summed E-state index contributed by atoms with van der Waals surface area (Å²) in [5, 5.41) is 7.55. The maximum atomic E-state index is 5.43. The monoisotopic (exact) mass is 251 g/mol. The van der Waals surface area contributed by atoms with Crippen LogP contribution in [-0.2, 0) is 0 Å². The molecular weight excluding hydrogens is 230 g/mol. The lowest BCUT2D eigenvalue weighted by molar-refractivity contribution is 0.337. The fourth-order valence-electron chi connectivity index (χ4n) is 3.48. The van der Waals surface area contributed by atoms with Crippen molar-refractivity contribution in [3.8, 4) is 0 Å². The van der Waals surface area contributed by atoms with Crippen molar-refractivity contribution in [3.05, 3.63) is 10.6 Å². The number of H-pyrrole nitrogens is 1. The van der Waals surface area contributed by atoms with Crippen molar-refractivity contribution >= 4 is 12.2 Å². The Morgan fingerprint density at radius 2 is 1.65 bits per heavy atom. The molecule has 4 heteroatoms. The molecule has 2 saturated carbocycles. The molecule has 3 nitrogen and oxygen atoms in total. The Hall–Kier alpha value is -0.640. The second-order valence-electron chi connectivity index (χ2n) is 5.53. The van der Waals surface area contributed by atoms with Crippen molar-refractivity contribution in [2.45, 2.75) is 69.7 Å². The van der Waals surface area contributed by atoms with Crippen molar-refractivity contribution in [1.29, 1.82) is 0 Å². The largest absolute Gasteiger partial charge is 0.301 e. The van der Waals surface area contributed by atoms with Gasteiger partial charge in [0.1, 0.15) is 5.82 Å². The number of nitrogens with one attached hydrogen (secondary N) is 1. The molecule has 2 fully saturated rings. The Bertz CT molecular complexity index is 422. The molecule has 2 aliphatic carbocycles. The molecule has 0 bridgehead atoms. The number of hydrogen-bond donors (Lipinski definition) is 1. The molecular formula is C13H21N3S. The van der Waals surface area contributed by atoms with E-state index in [1.807, 2.05) is 0 Å². The lowest BCUT2D eigenvalue weighted by atomic mass is 9.94. The van der Waals surface area contributed by atoms with Gasteiger partial charge in [-0.05, 0) is 37.9 Å². The molecule has 0 atom stereocenters. The molecule has 0 radical (unpaired) electrons. The zero-order valence-electron chi connectivity index (χ0n) is 10.3. The van der Waals surface area contributed by atoms with E-state index >= 15 is 0 Å². The van der Waals surface area contributed by atoms with E-state index in [1.165, 1.54) is 63.6 Å². The van der Waals surface area contributed by atoms with Crippen LogP contribution >= 0.6 is 12.2 Å². The van der Waals surface area contributed by atoms with Gasteiger partial charge in [0, 0.05) is 12.0 Å². The van der Waals surface area contributed by atoms with Crippen molar-refractivity contribution in [3.63, 3.8) is 0 Å². The lowest BCUT2D eigenvalue weighted by Gasteiger charge is -2.25. The number of hydrogen-bond acceptors (Lipinski definition) is 2. The van der Waals surface area contributed by atoms with E-state index in [-0.39, 0.29) is 0 Å². The Kier molecular flexibility index (Phi) is 3.32. The van der Waals surface area contributed by atoms with Crippen LogP contribution in [0, 0.1) is 4.77 Å². The molecule has 1 aromatic rings. The van der Waals surface area contributed by atoms with Gasteiger partial charge in [0.25, 0.3) is 0 Å². The van der Waals surface area contributed by atoms with Gasteiger partial charge in [-0.1, -0.05) is 32.1 Å². The average molecular weight is 251 g/mol. The summed E-state index contributed by atoms with van der Waals surface area (Å²) in [5.41, 5.74) is 0. The van der Waals surface area contributed by atoms with Gasteiger partial charge < -0.3 is 4.57 Å². The van der Waals surface area contributed by atoms with Crippen LogP contribution in [0.2, 0.25) is 0 Å². The van der Waals surface area contributed by atoms with E-state index in [9.17, 15) is 0 Å². The van der Waals surface area contributed by atoms with Crippen LogP contribution in [-0.4, -0.2) is 14.8 Å². The third-order valence-electron chi connectivity index (χ3n) is 4.39. The van der Waals surface area contributed by atoms with Crippen molar-refractivity contribution in [1.82, 2.24) is 14.8 Å². The molecule has 17 heavy (non-hydrogen) atoms. The molecule has 0 saturated heterocycles. The predicted octanol–water partition coefficient (Wildman–Crippen LogP) is 4.10. The van der Waals surface area contributed by atoms with Gasteiger partial charge in [-0.25, -0.2) is 0 Å². The van der Waals surface area contributed by atoms with Crippen LogP contribution in [0.5, 0.6) is 0 Å². The van der Waals surface area contributed by atoms with Crippen LogP contribution in [0.15, 0.2) is 0 Å². The number of aromatic amines is 1. The molecule has 0 spiro atoms. The Balaban J connectivity index is 1.90. The van der Waals surface area contributed by atoms with Gasteiger partial charge in [-0.15, -0.1) is 0 Å². The molecule has 94 valence electrons. The maximum Gasteiger partial charge on any atom is 0.195 e. The van der Waals surface area contributed by atoms with E-state index in [4.69, 9.17) is 12.2 Å². The smallest absolute Gasteiger partial charge is 0.195 e. The summed E-state index contributed by atoms with van der Waals surface area (Å²) in [4.78, 5) is 0. The van der Waals surface area contributed by atoms with E-state index in [2.05, 4.69) is 14.8 Å². The third kappa shape index (κ3) is 2.19. The van der Waals surface area contributed by atoms with Gasteiger partial charge in [0.15, 0.2) is 4.77 Å². The van der Waals surface area contributed by atoms with Crippen molar-refractivity contribution in [2.24, 2.45) is 0 Å². The fourth-order valence-corrected chi connectivity index (χ4v) is 3.77. The molecule has 2 aliphatic rings. The third-order valence-corrected chi connectivity index (χ3v) is 4.68. The molecule has 0 aliphatic heterocycles. The molecule has 0 aromatic carbocycles. The van der Waals surface area contributed by atoms with Crippen LogP contribution < -0.4 is 0 Å². The summed E-state index contributed by atoms with van der Waals surface area (Å²) in [5.74, 6) is 1.91. The molecule has 0 unspecified atom stereocenters. The summed E-state index contributed by atoms with van der Waals surface area (Å²) < 4.78 is 3.20. The van der Waals surface area contributed by atoms with Crippen LogP contribution in [0.25, 0.3) is 0 Å². The second-order valence-corrected chi connectivity index (χ2v) is 5.92. The number of rotatable bonds is 2. The first-order valence-electron chi connectivity index (χ1n) is 7.03. The molecule has 1 N–H and O–H groups in total. The first-order chi connectivity index (χ1) is 8.36. The van der Waals surface area contributed by atoms with Crippen LogP contribution in [0.4, 0.5) is 0 Å². The molecule has 1 heterocycles. The highest BCUT2D eigenvalue weighted by Gasteiger charge is 2.26. The highest BCUT2D eigenvalue weighted by atomic mass is 32.1. The Morgan fingerprint density at radius 1 is 1.00 bits per heavy atom. The lowest BCUT2D eigenvalue weighted by Crippen LogP contribution is -2.17. The predicted molar refractivity (Wildman–Crippen MR) is 70.7 cm³/mol. The Morgan fingerprint density at radius 3 is 2.35 bits per heavy atom. The van der Waals surface area contributed by atoms with Crippen molar-refractivity contribution in [2.75, 3.05) is 0 Å². The fraction of sp³-hybridized carbons (Fsp3) is 0.846. The minimum Gasteiger partial charge on any atom is -0.301 e. The maximum absolute atomic E-state index is 5.43. The first kappa shape index (κ1) is 11.5. The zero-order valence-corrected chi connectivity index (χ0v) is 11.1. The van der Waals surface area contributed by atoms with E-state index in [0.717, 1.165) is 4.77 Å². The van der Waals surface area contributed by atoms with E-state index in [0.29, 0.717) is 12.0 Å². The van der Waals surface area contributed by atoms with Gasteiger partial charge in [0.05, 0.1) is 0 Å². The summed E-state index contributed by atoms with van der Waals surface area (Å²) in [6.07, 6.45) is 12.0. The molecule has 1 aromatic heterocycles.